The van der Waals surface area contributed by atoms with Crippen LogP contribution in [0.1, 0.15) is 63.0 Å². The second-order valence-electron chi connectivity index (χ2n) is 7.55. The molecule has 0 saturated heterocycles. The number of hydrogen-bond donors (Lipinski definition) is 0. The van der Waals surface area contributed by atoms with Gasteiger partial charge in [-0.15, -0.1) is 10.2 Å². The Kier molecular flexibility index (Phi) is 4.85. The number of fused-ring (bicyclic) bond motifs is 1. The van der Waals surface area contributed by atoms with Crippen molar-refractivity contribution in [2.45, 2.75) is 70.6 Å². The summed E-state index contributed by atoms with van der Waals surface area (Å²) in [5, 5.41) is 8.70. The Hall–Kier alpha value is -0.990. The van der Waals surface area contributed by atoms with Crippen molar-refractivity contribution in [3.8, 4) is 0 Å². The average molecular weight is 369 g/mol. The van der Waals surface area contributed by atoms with E-state index in [1.807, 2.05) is 6.92 Å². The van der Waals surface area contributed by atoms with Crippen molar-refractivity contribution < 1.29 is 13.2 Å². The van der Waals surface area contributed by atoms with E-state index in [1.165, 1.54) is 25.7 Å². The highest BCUT2D eigenvalue weighted by atomic mass is 32.2. The van der Waals surface area contributed by atoms with Crippen LogP contribution in [-0.2, 0) is 27.8 Å². The fourth-order valence-corrected chi connectivity index (χ4v) is 5.86. The van der Waals surface area contributed by atoms with E-state index >= 15 is 0 Å². The van der Waals surface area contributed by atoms with Gasteiger partial charge in [0, 0.05) is 25.6 Å². The van der Waals surface area contributed by atoms with E-state index in [2.05, 4.69) is 14.8 Å². The number of hydrogen-bond acceptors (Lipinski definition) is 5. The monoisotopic (exact) mass is 368 g/mol. The summed E-state index contributed by atoms with van der Waals surface area (Å²) in [4.78, 5) is 0. The number of aromatic nitrogens is 3. The SMILES string of the molecule is CCOC(CS(=O)(=O)N1CCn2c(nnc2C2CCCC2)C1)C1CC1. The molecule has 0 amide bonds. The van der Waals surface area contributed by atoms with Crippen LogP contribution in [-0.4, -0.2) is 52.5 Å². The molecule has 25 heavy (non-hydrogen) atoms. The van der Waals surface area contributed by atoms with Gasteiger partial charge in [0.1, 0.15) is 11.6 Å². The van der Waals surface area contributed by atoms with Gasteiger partial charge in [-0.1, -0.05) is 12.8 Å². The third kappa shape index (κ3) is 3.61. The van der Waals surface area contributed by atoms with Gasteiger partial charge in [0.15, 0.2) is 0 Å². The smallest absolute Gasteiger partial charge is 0.217 e. The van der Waals surface area contributed by atoms with Gasteiger partial charge in [-0.05, 0) is 38.5 Å². The zero-order valence-corrected chi connectivity index (χ0v) is 15.7. The summed E-state index contributed by atoms with van der Waals surface area (Å²) in [6, 6.07) is 0. The Morgan fingerprint density at radius 1 is 1.16 bits per heavy atom. The molecule has 7 nitrogen and oxygen atoms in total. The Morgan fingerprint density at radius 2 is 1.92 bits per heavy atom. The average Bonchev–Trinajstić information content (AvgIpc) is 3.13. The molecule has 1 atom stereocenters. The summed E-state index contributed by atoms with van der Waals surface area (Å²) in [5.74, 6) is 2.86. The molecule has 8 heteroatoms. The lowest BCUT2D eigenvalue weighted by Crippen LogP contribution is -2.43. The molecule has 2 saturated carbocycles. The van der Waals surface area contributed by atoms with Gasteiger partial charge in [-0.2, -0.15) is 4.31 Å². The van der Waals surface area contributed by atoms with E-state index in [9.17, 15) is 8.42 Å². The predicted octanol–water partition coefficient (Wildman–Crippen LogP) is 1.90. The van der Waals surface area contributed by atoms with Crippen LogP contribution >= 0.6 is 0 Å². The van der Waals surface area contributed by atoms with E-state index in [-0.39, 0.29) is 11.9 Å². The molecule has 2 fully saturated rings. The molecular weight excluding hydrogens is 340 g/mol. The molecule has 1 unspecified atom stereocenters. The minimum atomic E-state index is -3.34. The van der Waals surface area contributed by atoms with Crippen molar-refractivity contribution in [3.63, 3.8) is 0 Å². The van der Waals surface area contributed by atoms with E-state index in [0.717, 1.165) is 24.5 Å². The van der Waals surface area contributed by atoms with Crippen molar-refractivity contribution in [2.75, 3.05) is 18.9 Å². The van der Waals surface area contributed by atoms with Crippen molar-refractivity contribution >= 4 is 10.0 Å². The first-order chi connectivity index (χ1) is 12.1. The lowest BCUT2D eigenvalue weighted by molar-refractivity contribution is 0.0621. The molecule has 140 valence electrons. The largest absolute Gasteiger partial charge is 0.377 e. The predicted molar refractivity (Wildman–Crippen MR) is 93.6 cm³/mol. The van der Waals surface area contributed by atoms with Crippen molar-refractivity contribution in [1.82, 2.24) is 19.1 Å². The normalized spacial score (nSPS) is 23.7. The molecular formula is C17H28N4O3S. The maximum absolute atomic E-state index is 12.9. The molecule has 0 radical (unpaired) electrons. The van der Waals surface area contributed by atoms with Gasteiger partial charge in [0.2, 0.25) is 10.0 Å². The van der Waals surface area contributed by atoms with E-state index in [0.29, 0.717) is 38.1 Å². The lowest BCUT2D eigenvalue weighted by atomic mass is 10.1. The van der Waals surface area contributed by atoms with Crippen molar-refractivity contribution in [2.24, 2.45) is 5.92 Å². The second kappa shape index (κ2) is 6.96. The van der Waals surface area contributed by atoms with Gasteiger partial charge in [0.25, 0.3) is 0 Å². The fraction of sp³-hybridized carbons (Fsp3) is 0.882. The summed E-state index contributed by atoms with van der Waals surface area (Å²) >= 11 is 0. The maximum atomic E-state index is 12.9. The Morgan fingerprint density at radius 3 is 2.60 bits per heavy atom. The highest BCUT2D eigenvalue weighted by Crippen LogP contribution is 2.36. The fourth-order valence-electron chi connectivity index (χ4n) is 4.20. The van der Waals surface area contributed by atoms with Crippen LogP contribution < -0.4 is 0 Å². The quantitative estimate of drug-likeness (QED) is 0.734. The first-order valence-electron chi connectivity index (χ1n) is 9.60. The molecule has 4 rings (SSSR count). The standard InChI is InChI=1S/C17H28N4O3S/c1-2-24-15(13-7-8-13)12-25(22,23)20-9-10-21-16(11-20)18-19-17(21)14-5-3-4-6-14/h13-15H,2-12H2,1H3. The first-order valence-corrected chi connectivity index (χ1v) is 11.2. The third-order valence-electron chi connectivity index (χ3n) is 5.76. The Bertz CT molecular complexity index is 707. The number of rotatable bonds is 7. The molecule has 0 bridgehead atoms. The van der Waals surface area contributed by atoms with Crippen LogP contribution in [0.4, 0.5) is 0 Å². The van der Waals surface area contributed by atoms with Crippen LogP contribution in [0, 0.1) is 5.92 Å². The lowest BCUT2D eigenvalue weighted by Gasteiger charge is -2.29. The summed E-state index contributed by atoms with van der Waals surface area (Å²) < 4.78 is 35.2. The molecule has 1 aromatic heterocycles. The Balaban J connectivity index is 1.46. The van der Waals surface area contributed by atoms with Crippen molar-refractivity contribution in [1.29, 1.82) is 0 Å². The number of nitrogens with zero attached hydrogens (tertiary/aromatic N) is 4. The van der Waals surface area contributed by atoms with E-state index in [1.54, 1.807) is 4.31 Å². The highest BCUT2D eigenvalue weighted by molar-refractivity contribution is 7.89. The van der Waals surface area contributed by atoms with Crippen LogP contribution in [0.15, 0.2) is 0 Å². The minimum absolute atomic E-state index is 0.0924. The highest BCUT2D eigenvalue weighted by Gasteiger charge is 2.38. The van der Waals surface area contributed by atoms with Gasteiger partial charge in [-0.25, -0.2) is 8.42 Å². The summed E-state index contributed by atoms with van der Waals surface area (Å²) in [5.41, 5.74) is 0. The molecule has 1 aromatic rings. The molecule has 2 heterocycles. The molecule has 0 aromatic carbocycles. The van der Waals surface area contributed by atoms with Crippen LogP contribution in [0.25, 0.3) is 0 Å². The zero-order valence-electron chi connectivity index (χ0n) is 14.9. The van der Waals surface area contributed by atoms with Crippen molar-refractivity contribution in [3.05, 3.63) is 11.6 Å². The minimum Gasteiger partial charge on any atom is -0.377 e. The summed E-state index contributed by atoms with van der Waals surface area (Å²) in [6.45, 7) is 4.00. The summed E-state index contributed by atoms with van der Waals surface area (Å²) in [7, 11) is -3.34. The molecule has 0 N–H and O–H groups in total. The van der Waals surface area contributed by atoms with E-state index in [4.69, 9.17) is 4.74 Å². The third-order valence-corrected chi connectivity index (χ3v) is 7.61. The van der Waals surface area contributed by atoms with Gasteiger partial charge in [-0.3, -0.25) is 0 Å². The second-order valence-corrected chi connectivity index (χ2v) is 9.56. The maximum Gasteiger partial charge on any atom is 0.217 e. The van der Waals surface area contributed by atoms with E-state index < -0.39 is 10.0 Å². The first kappa shape index (κ1) is 17.4. The van der Waals surface area contributed by atoms with Crippen LogP contribution in [0.3, 0.4) is 0 Å². The molecule has 3 aliphatic rings. The van der Waals surface area contributed by atoms with Gasteiger partial charge < -0.3 is 9.30 Å². The molecule has 0 spiro atoms. The van der Waals surface area contributed by atoms with Gasteiger partial charge in [0.05, 0.1) is 18.4 Å². The summed E-state index contributed by atoms with van der Waals surface area (Å²) in [6.07, 6.45) is 6.87. The van der Waals surface area contributed by atoms with Gasteiger partial charge >= 0.3 is 0 Å². The molecule has 1 aliphatic heterocycles. The topological polar surface area (TPSA) is 77.3 Å². The van der Waals surface area contributed by atoms with Crippen LogP contribution in [0.5, 0.6) is 0 Å². The number of sulfonamides is 1. The number of ether oxygens (including phenoxy) is 1. The molecule has 2 aliphatic carbocycles. The zero-order chi connectivity index (χ0) is 17.4. The van der Waals surface area contributed by atoms with Crippen LogP contribution in [0.2, 0.25) is 0 Å². The Labute approximate surface area is 149 Å².